The number of phenolic OH excluding ortho intramolecular Hbond substituents is 2. The second-order valence-corrected chi connectivity index (χ2v) is 7.85. The molecule has 0 saturated carbocycles. The molecule has 2 heteroatoms. The van der Waals surface area contributed by atoms with Gasteiger partial charge in [0.15, 0.2) is 0 Å². The van der Waals surface area contributed by atoms with Crippen LogP contribution in [-0.2, 0) is 5.41 Å². The van der Waals surface area contributed by atoms with E-state index in [9.17, 15) is 10.2 Å². The predicted molar refractivity (Wildman–Crippen MR) is 101 cm³/mol. The largest absolute Gasteiger partial charge is 0.507 e. The Balaban J connectivity index is 2.72. The second kappa shape index (κ2) is 6.51. The van der Waals surface area contributed by atoms with Gasteiger partial charge < -0.3 is 10.2 Å². The lowest BCUT2D eigenvalue weighted by Crippen LogP contribution is -2.26. The van der Waals surface area contributed by atoms with Gasteiger partial charge in [-0.2, -0.15) is 0 Å². The van der Waals surface area contributed by atoms with Gasteiger partial charge in [0.2, 0.25) is 0 Å². The van der Waals surface area contributed by atoms with Gasteiger partial charge >= 0.3 is 0 Å². The van der Waals surface area contributed by atoms with E-state index in [0.717, 1.165) is 28.7 Å². The van der Waals surface area contributed by atoms with Gasteiger partial charge in [-0.05, 0) is 73.4 Å². The number of rotatable bonds is 4. The molecule has 0 unspecified atom stereocenters. The number of benzene rings is 2. The van der Waals surface area contributed by atoms with Crippen molar-refractivity contribution in [2.45, 2.75) is 60.3 Å². The highest BCUT2D eigenvalue weighted by Crippen LogP contribution is 2.42. The molecule has 2 aromatic rings. The monoisotopic (exact) mass is 326 g/mol. The molecule has 0 radical (unpaired) electrons. The minimum atomic E-state index is -0.166. The summed E-state index contributed by atoms with van der Waals surface area (Å²) in [7, 11) is 0. The summed E-state index contributed by atoms with van der Waals surface area (Å²) in [5, 5.41) is 20.3. The number of hydrogen-bond acceptors (Lipinski definition) is 2. The van der Waals surface area contributed by atoms with E-state index in [1.165, 1.54) is 11.1 Å². The molecule has 24 heavy (non-hydrogen) atoms. The highest BCUT2D eigenvalue weighted by atomic mass is 16.3. The van der Waals surface area contributed by atoms with Crippen molar-refractivity contribution in [1.82, 2.24) is 0 Å². The normalized spacial score (nSPS) is 12.0. The molecule has 0 aliphatic rings. The van der Waals surface area contributed by atoms with Crippen molar-refractivity contribution in [1.29, 1.82) is 0 Å². The van der Waals surface area contributed by atoms with Crippen molar-refractivity contribution >= 4 is 0 Å². The summed E-state index contributed by atoms with van der Waals surface area (Å²) in [4.78, 5) is 0. The van der Waals surface area contributed by atoms with E-state index in [1.807, 2.05) is 27.7 Å². The second-order valence-electron chi connectivity index (χ2n) is 7.85. The first-order valence-corrected chi connectivity index (χ1v) is 8.67. The molecule has 0 spiro atoms. The summed E-state index contributed by atoms with van der Waals surface area (Å²) in [6.45, 7) is 14.5. The molecule has 0 saturated heterocycles. The third kappa shape index (κ3) is 3.28. The quantitative estimate of drug-likeness (QED) is 0.758. The summed E-state index contributed by atoms with van der Waals surface area (Å²) in [5.74, 6) is 1.28. The third-order valence-electron chi connectivity index (χ3n) is 5.07. The van der Waals surface area contributed by atoms with Crippen molar-refractivity contribution < 1.29 is 10.2 Å². The Bertz CT molecular complexity index is 653. The lowest BCUT2D eigenvalue weighted by atomic mass is 9.70. The Labute approximate surface area is 146 Å². The van der Waals surface area contributed by atoms with Crippen LogP contribution < -0.4 is 0 Å². The highest BCUT2D eigenvalue weighted by molar-refractivity contribution is 5.51. The van der Waals surface area contributed by atoms with E-state index in [1.54, 1.807) is 0 Å². The summed E-state index contributed by atoms with van der Waals surface area (Å²) >= 11 is 0. The summed E-state index contributed by atoms with van der Waals surface area (Å²) < 4.78 is 0. The summed E-state index contributed by atoms with van der Waals surface area (Å²) in [6.07, 6.45) is 1.00. The fourth-order valence-corrected chi connectivity index (χ4v) is 3.77. The fourth-order valence-electron chi connectivity index (χ4n) is 3.77. The van der Waals surface area contributed by atoms with Gasteiger partial charge in [-0.3, -0.25) is 0 Å². The average molecular weight is 326 g/mol. The van der Waals surface area contributed by atoms with Gasteiger partial charge in [0.25, 0.3) is 0 Å². The molecule has 0 bridgehead atoms. The van der Waals surface area contributed by atoms with Crippen LogP contribution in [0.15, 0.2) is 24.3 Å². The summed E-state index contributed by atoms with van der Waals surface area (Å²) in [5.41, 5.74) is 5.90. The lowest BCUT2D eigenvalue weighted by Gasteiger charge is -2.34. The van der Waals surface area contributed by atoms with Crippen molar-refractivity contribution in [3.8, 4) is 11.5 Å². The third-order valence-corrected chi connectivity index (χ3v) is 5.07. The van der Waals surface area contributed by atoms with Crippen LogP contribution in [-0.4, -0.2) is 10.2 Å². The van der Waals surface area contributed by atoms with Crippen molar-refractivity contribution in [3.63, 3.8) is 0 Å². The minimum Gasteiger partial charge on any atom is -0.507 e. The molecule has 0 aliphatic heterocycles. The molecule has 0 fully saturated rings. The Hall–Kier alpha value is -1.96. The zero-order valence-electron chi connectivity index (χ0n) is 16.0. The van der Waals surface area contributed by atoms with E-state index in [2.05, 4.69) is 45.0 Å². The van der Waals surface area contributed by atoms with E-state index in [-0.39, 0.29) is 5.41 Å². The molecule has 2 aromatic carbocycles. The molecule has 0 amide bonds. The van der Waals surface area contributed by atoms with Crippen LogP contribution in [0, 0.1) is 33.6 Å². The first-order valence-electron chi connectivity index (χ1n) is 8.67. The van der Waals surface area contributed by atoms with E-state index in [0.29, 0.717) is 17.4 Å². The maximum absolute atomic E-state index is 10.1. The topological polar surface area (TPSA) is 40.5 Å². The lowest BCUT2D eigenvalue weighted by molar-refractivity contribution is 0.422. The molecule has 130 valence electrons. The Morgan fingerprint density at radius 3 is 1.29 bits per heavy atom. The molecule has 0 aromatic heterocycles. The number of hydrogen-bond donors (Lipinski definition) is 2. The highest BCUT2D eigenvalue weighted by Gasteiger charge is 2.31. The molecule has 2 nitrogen and oxygen atoms in total. The SMILES string of the molecule is Cc1cc(C(C)(CC(C)C)c2cc(C)c(O)c(C)c2)cc(C)c1O. The molecule has 0 heterocycles. The predicted octanol–water partition coefficient (Wildman–Crippen LogP) is 5.68. The zero-order valence-corrected chi connectivity index (χ0v) is 16.0. The average Bonchev–Trinajstić information content (AvgIpc) is 2.48. The van der Waals surface area contributed by atoms with Gasteiger partial charge in [0, 0.05) is 5.41 Å². The maximum atomic E-state index is 10.1. The van der Waals surface area contributed by atoms with Gasteiger partial charge in [0.1, 0.15) is 11.5 Å². The first kappa shape index (κ1) is 18.4. The van der Waals surface area contributed by atoms with Gasteiger partial charge in [-0.25, -0.2) is 0 Å². The van der Waals surface area contributed by atoms with Crippen LogP contribution in [0.4, 0.5) is 0 Å². The smallest absolute Gasteiger partial charge is 0.121 e. The van der Waals surface area contributed by atoms with Crippen molar-refractivity contribution in [2.75, 3.05) is 0 Å². The van der Waals surface area contributed by atoms with Crippen LogP contribution in [0.1, 0.15) is 60.6 Å². The standard InChI is InChI=1S/C22H30O2/c1-13(2)12-22(7,18-8-14(3)20(23)15(4)9-18)19-10-16(5)21(24)17(6)11-19/h8-11,13,23-24H,12H2,1-7H3. The van der Waals surface area contributed by atoms with Gasteiger partial charge in [0.05, 0.1) is 0 Å². The van der Waals surface area contributed by atoms with E-state index < -0.39 is 0 Å². The number of aromatic hydroxyl groups is 2. The van der Waals surface area contributed by atoms with Crippen LogP contribution >= 0.6 is 0 Å². The van der Waals surface area contributed by atoms with Crippen LogP contribution in [0.25, 0.3) is 0 Å². The van der Waals surface area contributed by atoms with Crippen LogP contribution in [0.3, 0.4) is 0 Å². The fraction of sp³-hybridized carbons (Fsp3) is 0.455. The molecular weight excluding hydrogens is 296 g/mol. The molecule has 0 aliphatic carbocycles. The molecular formula is C22H30O2. The van der Waals surface area contributed by atoms with Crippen LogP contribution in [0.5, 0.6) is 11.5 Å². The van der Waals surface area contributed by atoms with Crippen molar-refractivity contribution in [3.05, 3.63) is 57.6 Å². The molecule has 0 atom stereocenters. The number of aryl methyl sites for hydroxylation is 4. The first-order chi connectivity index (χ1) is 11.1. The van der Waals surface area contributed by atoms with Gasteiger partial charge in [-0.15, -0.1) is 0 Å². The minimum absolute atomic E-state index is 0.166. The van der Waals surface area contributed by atoms with Gasteiger partial charge in [-0.1, -0.05) is 45.0 Å². The molecule has 2 rings (SSSR count). The van der Waals surface area contributed by atoms with E-state index >= 15 is 0 Å². The number of phenols is 2. The van der Waals surface area contributed by atoms with Crippen molar-refractivity contribution in [2.24, 2.45) is 5.92 Å². The zero-order chi connectivity index (χ0) is 18.2. The Kier molecular flexibility index (Phi) is 4.98. The molecule has 2 N–H and O–H groups in total. The Morgan fingerprint density at radius 2 is 1.04 bits per heavy atom. The maximum Gasteiger partial charge on any atom is 0.121 e. The van der Waals surface area contributed by atoms with E-state index in [4.69, 9.17) is 0 Å². The summed E-state index contributed by atoms with van der Waals surface area (Å²) in [6, 6.07) is 8.40. The van der Waals surface area contributed by atoms with Crippen LogP contribution in [0.2, 0.25) is 0 Å². The Morgan fingerprint density at radius 1 is 0.750 bits per heavy atom.